The molecule has 3 nitrogen and oxygen atoms in total. The van der Waals surface area contributed by atoms with Crippen molar-refractivity contribution in [3.63, 3.8) is 0 Å². The molecule has 0 radical (unpaired) electrons. The predicted octanol–water partition coefficient (Wildman–Crippen LogP) is 3.94. The fourth-order valence-corrected chi connectivity index (χ4v) is 2.20. The van der Waals surface area contributed by atoms with Crippen LogP contribution < -0.4 is 10.1 Å². The maximum absolute atomic E-state index is 5.63. The molecule has 112 valence electrons. The highest BCUT2D eigenvalue weighted by atomic mass is 16.5. The van der Waals surface area contributed by atoms with E-state index >= 15 is 0 Å². The maximum atomic E-state index is 5.63. The first-order valence-corrected chi connectivity index (χ1v) is 7.21. The molecular formula is C18H23NO2. The maximum Gasteiger partial charge on any atom is 0.119 e. The molecule has 2 rings (SSSR count). The van der Waals surface area contributed by atoms with Crippen molar-refractivity contribution in [3.05, 3.63) is 59.2 Å². The monoisotopic (exact) mass is 285 g/mol. The van der Waals surface area contributed by atoms with Gasteiger partial charge >= 0.3 is 0 Å². The second-order valence-corrected chi connectivity index (χ2v) is 5.16. The van der Waals surface area contributed by atoms with Crippen LogP contribution in [0.2, 0.25) is 0 Å². The van der Waals surface area contributed by atoms with Gasteiger partial charge in [-0.2, -0.15) is 0 Å². The van der Waals surface area contributed by atoms with Gasteiger partial charge in [-0.1, -0.05) is 29.8 Å². The van der Waals surface area contributed by atoms with Gasteiger partial charge in [0, 0.05) is 19.3 Å². The summed E-state index contributed by atoms with van der Waals surface area (Å²) in [5, 5.41) is 3.47. The lowest BCUT2D eigenvalue weighted by molar-refractivity contribution is 0.146. The smallest absolute Gasteiger partial charge is 0.119 e. The molecule has 0 atom stereocenters. The minimum Gasteiger partial charge on any atom is -0.491 e. The van der Waals surface area contributed by atoms with Crippen molar-refractivity contribution in [2.24, 2.45) is 0 Å². The molecule has 0 aliphatic rings. The first-order chi connectivity index (χ1) is 10.2. The van der Waals surface area contributed by atoms with Crippen LogP contribution in [0.3, 0.4) is 0 Å². The molecule has 0 spiro atoms. The molecule has 0 saturated heterocycles. The van der Waals surface area contributed by atoms with Gasteiger partial charge in [-0.25, -0.2) is 0 Å². The highest BCUT2D eigenvalue weighted by Gasteiger charge is 2.00. The molecule has 21 heavy (non-hydrogen) atoms. The molecule has 0 fully saturated rings. The second kappa shape index (κ2) is 7.70. The zero-order valence-corrected chi connectivity index (χ0v) is 13.0. The van der Waals surface area contributed by atoms with Crippen LogP contribution in [0.4, 0.5) is 5.69 Å². The van der Waals surface area contributed by atoms with Gasteiger partial charge in [0.25, 0.3) is 0 Å². The van der Waals surface area contributed by atoms with Gasteiger partial charge in [0.2, 0.25) is 0 Å². The Morgan fingerprint density at radius 2 is 1.86 bits per heavy atom. The zero-order valence-electron chi connectivity index (χ0n) is 13.0. The molecular weight excluding hydrogens is 262 g/mol. The van der Waals surface area contributed by atoms with Crippen LogP contribution >= 0.6 is 0 Å². The first-order valence-electron chi connectivity index (χ1n) is 7.21. The van der Waals surface area contributed by atoms with Gasteiger partial charge in [-0.3, -0.25) is 0 Å². The second-order valence-electron chi connectivity index (χ2n) is 5.16. The summed E-state index contributed by atoms with van der Waals surface area (Å²) in [4.78, 5) is 0. The Morgan fingerprint density at radius 3 is 2.62 bits per heavy atom. The molecule has 0 saturated carbocycles. The van der Waals surface area contributed by atoms with Crippen molar-refractivity contribution in [2.75, 3.05) is 25.6 Å². The quantitative estimate of drug-likeness (QED) is 0.782. The molecule has 2 aromatic carbocycles. The van der Waals surface area contributed by atoms with Crippen molar-refractivity contribution in [1.82, 2.24) is 0 Å². The number of rotatable bonds is 7. The highest BCUT2D eigenvalue weighted by Crippen LogP contribution is 2.18. The Kier molecular flexibility index (Phi) is 5.64. The summed E-state index contributed by atoms with van der Waals surface area (Å²) in [6.45, 7) is 6.19. The first kappa shape index (κ1) is 15.4. The molecule has 0 aromatic heterocycles. The summed E-state index contributed by atoms with van der Waals surface area (Å²) >= 11 is 0. The van der Waals surface area contributed by atoms with E-state index < -0.39 is 0 Å². The fourth-order valence-electron chi connectivity index (χ4n) is 2.20. The number of methoxy groups -OCH3 is 1. The van der Waals surface area contributed by atoms with Crippen LogP contribution in [0.5, 0.6) is 5.75 Å². The molecule has 0 aliphatic carbocycles. The number of benzene rings is 2. The third kappa shape index (κ3) is 4.80. The van der Waals surface area contributed by atoms with E-state index in [1.807, 2.05) is 12.1 Å². The number of nitrogens with one attached hydrogen (secondary N) is 1. The Bertz CT molecular complexity index is 581. The number of aryl methyl sites for hydroxylation is 2. The number of ether oxygens (including phenoxy) is 2. The average Bonchev–Trinajstić information content (AvgIpc) is 2.47. The predicted molar refractivity (Wildman–Crippen MR) is 87.1 cm³/mol. The molecule has 0 heterocycles. The molecule has 1 N–H and O–H groups in total. The van der Waals surface area contributed by atoms with Crippen LogP contribution in [0.15, 0.2) is 42.5 Å². The number of hydrogen-bond donors (Lipinski definition) is 1. The third-order valence-corrected chi connectivity index (χ3v) is 3.32. The SMILES string of the molecule is COCCOc1cccc(CNc2ccc(C)cc2C)c1. The van der Waals surface area contributed by atoms with Gasteiger partial charge in [0.1, 0.15) is 12.4 Å². The summed E-state index contributed by atoms with van der Waals surface area (Å²) in [6.07, 6.45) is 0. The van der Waals surface area contributed by atoms with Crippen LogP contribution in [-0.2, 0) is 11.3 Å². The summed E-state index contributed by atoms with van der Waals surface area (Å²) in [7, 11) is 1.67. The van der Waals surface area contributed by atoms with E-state index in [-0.39, 0.29) is 0 Å². The van der Waals surface area contributed by atoms with E-state index in [2.05, 4.69) is 49.5 Å². The van der Waals surface area contributed by atoms with Crippen molar-refractivity contribution in [3.8, 4) is 5.75 Å². The zero-order chi connectivity index (χ0) is 15.1. The molecule has 2 aromatic rings. The Morgan fingerprint density at radius 1 is 1.00 bits per heavy atom. The molecule has 0 amide bonds. The van der Waals surface area contributed by atoms with E-state index in [0.29, 0.717) is 13.2 Å². The summed E-state index contributed by atoms with van der Waals surface area (Å²) in [6, 6.07) is 14.6. The van der Waals surface area contributed by atoms with Crippen LogP contribution in [0, 0.1) is 13.8 Å². The van der Waals surface area contributed by atoms with Gasteiger partial charge in [-0.05, 0) is 43.2 Å². The van der Waals surface area contributed by atoms with Gasteiger partial charge in [0.05, 0.1) is 6.61 Å². The van der Waals surface area contributed by atoms with E-state index in [1.165, 1.54) is 22.4 Å². The third-order valence-electron chi connectivity index (χ3n) is 3.32. The lowest BCUT2D eigenvalue weighted by Gasteiger charge is -2.11. The summed E-state index contributed by atoms with van der Waals surface area (Å²) in [5.74, 6) is 0.881. The van der Waals surface area contributed by atoms with E-state index in [0.717, 1.165) is 12.3 Å². The summed E-state index contributed by atoms with van der Waals surface area (Å²) < 4.78 is 10.6. The van der Waals surface area contributed by atoms with Crippen molar-refractivity contribution < 1.29 is 9.47 Å². The molecule has 3 heteroatoms. The van der Waals surface area contributed by atoms with Crippen molar-refractivity contribution in [2.45, 2.75) is 20.4 Å². The number of hydrogen-bond acceptors (Lipinski definition) is 3. The molecule has 0 bridgehead atoms. The Hall–Kier alpha value is -2.00. The van der Waals surface area contributed by atoms with E-state index in [1.54, 1.807) is 7.11 Å². The van der Waals surface area contributed by atoms with Crippen molar-refractivity contribution in [1.29, 1.82) is 0 Å². The van der Waals surface area contributed by atoms with E-state index in [4.69, 9.17) is 9.47 Å². The van der Waals surface area contributed by atoms with Crippen LogP contribution in [0.1, 0.15) is 16.7 Å². The van der Waals surface area contributed by atoms with Gasteiger partial charge < -0.3 is 14.8 Å². The lowest BCUT2D eigenvalue weighted by atomic mass is 10.1. The molecule has 0 aliphatic heterocycles. The van der Waals surface area contributed by atoms with Crippen LogP contribution in [-0.4, -0.2) is 20.3 Å². The average molecular weight is 285 g/mol. The van der Waals surface area contributed by atoms with Crippen LogP contribution in [0.25, 0.3) is 0 Å². The minimum absolute atomic E-state index is 0.574. The standard InChI is InChI=1S/C18H23NO2/c1-14-7-8-18(15(2)11-14)19-13-16-5-4-6-17(12-16)21-10-9-20-3/h4-8,11-12,19H,9-10,13H2,1-3H3. The Balaban J connectivity index is 1.95. The van der Waals surface area contributed by atoms with Gasteiger partial charge in [-0.15, -0.1) is 0 Å². The normalized spacial score (nSPS) is 10.4. The lowest BCUT2D eigenvalue weighted by Crippen LogP contribution is -2.05. The largest absolute Gasteiger partial charge is 0.491 e. The van der Waals surface area contributed by atoms with E-state index in [9.17, 15) is 0 Å². The fraction of sp³-hybridized carbons (Fsp3) is 0.333. The highest BCUT2D eigenvalue weighted by molar-refractivity contribution is 5.52. The molecule has 0 unspecified atom stereocenters. The summed E-state index contributed by atoms with van der Waals surface area (Å²) in [5.41, 5.74) is 4.92. The minimum atomic E-state index is 0.574. The van der Waals surface area contributed by atoms with Gasteiger partial charge in [0.15, 0.2) is 0 Å². The van der Waals surface area contributed by atoms with Crippen molar-refractivity contribution >= 4 is 5.69 Å². The number of anilines is 1. The topological polar surface area (TPSA) is 30.5 Å². The Labute approximate surface area is 126 Å².